The molecule has 0 radical (unpaired) electrons. The fourth-order valence-electron chi connectivity index (χ4n) is 2.95. The molecule has 10 nitrogen and oxygen atoms in total. The van der Waals surface area contributed by atoms with E-state index in [0.717, 1.165) is 5.06 Å². The van der Waals surface area contributed by atoms with Gasteiger partial charge in [0.2, 0.25) is 5.91 Å². The zero-order valence-electron chi connectivity index (χ0n) is 15.8. The quantitative estimate of drug-likeness (QED) is 0.537. The third kappa shape index (κ3) is 4.90. The van der Waals surface area contributed by atoms with Gasteiger partial charge in [-0.3, -0.25) is 9.59 Å². The van der Waals surface area contributed by atoms with Crippen molar-refractivity contribution >= 4 is 22.3 Å². The molecule has 0 aromatic rings. The van der Waals surface area contributed by atoms with Crippen molar-refractivity contribution in [1.82, 2.24) is 9.96 Å². The van der Waals surface area contributed by atoms with Crippen LogP contribution in [0.2, 0.25) is 0 Å². The molecule has 2 rings (SSSR count). The van der Waals surface area contributed by atoms with Crippen LogP contribution in [-0.2, 0) is 33.2 Å². The number of nitrogens with zero attached hydrogens (tertiary/aromatic N) is 2. The van der Waals surface area contributed by atoms with Crippen LogP contribution in [0.3, 0.4) is 0 Å². The van der Waals surface area contributed by atoms with Gasteiger partial charge >= 0.3 is 16.4 Å². The van der Waals surface area contributed by atoms with Crippen LogP contribution in [-0.4, -0.2) is 62.1 Å². The second kappa shape index (κ2) is 8.03. The Hall–Kier alpha value is -1.85. The smallest absolute Gasteiger partial charge is 0.421 e. The van der Waals surface area contributed by atoms with Crippen LogP contribution in [0.25, 0.3) is 0 Å². The number of rotatable bonds is 9. The maximum atomic E-state index is 12.2. The zero-order chi connectivity index (χ0) is 20.4. The molecule has 1 amide bonds. The molecular formula is C16H27N3O7S. The molecule has 0 unspecified atom stereocenters. The molecule has 154 valence electrons. The van der Waals surface area contributed by atoms with Crippen LogP contribution in [0.1, 0.15) is 40.0 Å². The summed E-state index contributed by atoms with van der Waals surface area (Å²) in [7, 11) is -4.45. The minimum Gasteiger partial charge on any atom is -0.465 e. The number of hydrogen-bond donors (Lipinski definition) is 1. The normalized spacial score (nSPS) is 22.9. The highest BCUT2D eigenvalue weighted by atomic mass is 32.3. The number of amides is 1. The van der Waals surface area contributed by atoms with E-state index in [9.17, 15) is 18.0 Å². The van der Waals surface area contributed by atoms with Gasteiger partial charge in [-0.25, -0.2) is 9.25 Å². The van der Waals surface area contributed by atoms with Gasteiger partial charge in [-0.05, 0) is 33.1 Å². The first-order chi connectivity index (χ1) is 12.5. The van der Waals surface area contributed by atoms with E-state index in [-0.39, 0.29) is 18.5 Å². The van der Waals surface area contributed by atoms with Crippen molar-refractivity contribution in [1.29, 1.82) is 0 Å². The molecule has 0 aromatic heterocycles. The molecule has 11 heteroatoms. The Balaban J connectivity index is 1.97. The molecule has 0 saturated carbocycles. The van der Waals surface area contributed by atoms with E-state index < -0.39 is 40.3 Å². The molecule has 0 spiro atoms. The van der Waals surface area contributed by atoms with E-state index in [0.29, 0.717) is 25.8 Å². The maximum Gasteiger partial charge on any atom is 0.421 e. The summed E-state index contributed by atoms with van der Waals surface area (Å²) in [5.74, 6) is -0.825. The third-order valence-electron chi connectivity index (χ3n) is 4.53. The summed E-state index contributed by atoms with van der Waals surface area (Å²) in [6.07, 6.45) is 1.66. The lowest BCUT2D eigenvalue weighted by atomic mass is 9.95. The first-order valence-electron chi connectivity index (χ1n) is 8.79. The van der Waals surface area contributed by atoms with Crippen molar-refractivity contribution in [3.8, 4) is 0 Å². The van der Waals surface area contributed by atoms with Crippen LogP contribution in [0.4, 0.5) is 0 Å². The summed E-state index contributed by atoms with van der Waals surface area (Å²) >= 11 is 0. The van der Waals surface area contributed by atoms with Crippen molar-refractivity contribution in [3.05, 3.63) is 12.4 Å². The topological polar surface area (TPSA) is 128 Å². The summed E-state index contributed by atoms with van der Waals surface area (Å²) < 4.78 is 39.4. The van der Waals surface area contributed by atoms with E-state index in [1.807, 2.05) is 6.92 Å². The molecule has 0 aromatic carbocycles. The molecule has 2 aliphatic rings. The maximum absolute atomic E-state index is 12.2. The van der Waals surface area contributed by atoms with Gasteiger partial charge < -0.3 is 15.4 Å². The number of hydrogen-bond acceptors (Lipinski definition) is 9. The van der Waals surface area contributed by atoms with Crippen LogP contribution < -0.4 is 5.73 Å². The van der Waals surface area contributed by atoms with Gasteiger partial charge in [-0.15, -0.1) is 4.28 Å². The lowest BCUT2D eigenvalue weighted by Gasteiger charge is -2.29. The Morgan fingerprint density at radius 1 is 1.33 bits per heavy atom. The Morgan fingerprint density at radius 3 is 2.59 bits per heavy atom. The second-order valence-electron chi connectivity index (χ2n) is 7.31. The van der Waals surface area contributed by atoms with Crippen molar-refractivity contribution in [2.24, 2.45) is 11.1 Å². The number of hydroxylamine groups is 2. The number of carbonyl (C=O) groups is 2. The van der Waals surface area contributed by atoms with Crippen molar-refractivity contribution < 1.29 is 31.2 Å². The highest BCUT2D eigenvalue weighted by molar-refractivity contribution is 7.81. The summed E-state index contributed by atoms with van der Waals surface area (Å²) in [5.41, 5.74) is 4.21. The number of ether oxygens (including phenoxy) is 1. The minimum atomic E-state index is -4.45. The van der Waals surface area contributed by atoms with Crippen LogP contribution in [0.15, 0.2) is 12.4 Å². The van der Waals surface area contributed by atoms with Crippen LogP contribution in [0, 0.1) is 5.41 Å². The summed E-state index contributed by atoms with van der Waals surface area (Å²) in [6.45, 7) is 8.88. The first kappa shape index (κ1) is 21.5. The van der Waals surface area contributed by atoms with E-state index in [2.05, 4.69) is 6.58 Å². The van der Waals surface area contributed by atoms with Gasteiger partial charge in [0, 0.05) is 6.54 Å². The molecule has 2 aliphatic heterocycles. The van der Waals surface area contributed by atoms with E-state index in [1.54, 1.807) is 4.90 Å². The molecule has 2 N–H and O–H groups in total. The predicted octanol–water partition coefficient (Wildman–Crippen LogP) is 0.264. The van der Waals surface area contributed by atoms with Crippen molar-refractivity contribution in [3.63, 3.8) is 0 Å². The SMILES string of the molecule is C=C1N2C[C@@H](CC[C@H]2C(N)=O)N1OS(=O)(=O)OCC(C)(C)C(=O)OCCC. The third-order valence-corrected chi connectivity index (χ3v) is 5.28. The van der Waals surface area contributed by atoms with Gasteiger partial charge in [-0.1, -0.05) is 13.5 Å². The average molecular weight is 405 g/mol. The molecule has 0 aliphatic carbocycles. The number of nitrogens with two attached hydrogens (primary N) is 1. The van der Waals surface area contributed by atoms with E-state index in [4.69, 9.17) is 18.9 Å². The van der Waals surface area contributed by atoms with Gasteiger partial charge in [0.1, 0.15) is 11.9 Å². The lowest BCUT2D eigenvalue weighted by molar-refractivity contribution is -0.155. The Bertz CT molecular complexity index is 707. The predicted molar refractivity (Wildman–Crippen MR) is 94.7 cm³/mol. The number of carbonyl (C=O) groups excluding carboxylic acids is 2. The monoisotopic (exact) mass is 405 g/mol. The van der Waals surface area contributed by atoms with Crippen LogP contribution in [0.5, 0.6) is 0 Å². The Morgan fingerprint density at radius 2 is 2.00 bits per heavy atom. The Kier molecular flexibility index (Phi) is 6.38. The van der Waals surface area contributed by atoms with Crippen molar-refractivity contribution in [2.45, 2.75) is 52.1 Å². The van der Waals surface area contributed by atoms with Crippen LogP contribution >= 0.6 is 0 Å². The highest BCUT2D eigenvalue weighted by Gasteiger charge is 2.45. The highest BCUT2D eigenvalue weighted by Crippen LogP contribution is 2.35. The summed E-state index contributed by atoms with van der Waals surface area (Å²) in [6, 6.07) is -0.827. The van der Waals surface area contributed by atoms with E-state index >= 15 is 0 Å². The van der Waals surface area contributed by atoms with Gasteiger partial charge in [0.05, 0.1) is 24.7 Å². The number of fused-ring (bicyclic) bond motifs is 2. The second-order valence-corrected chi connectivity index (χ2v) is 8.51. The molecular weight excluding hydrogens is 378 g/mol. The van der Waals surface area contributed by atoms with Gasteiger partial charge in [0.15, 0.2) is 0 Å². The lowest BCUT2D eigenvalue weighted by Crippen LogP contribution is -2.46. The molecule has 2 bridgehead atoms. The number of primary amides is 1. The van der Waals surface area contributed by atoms with Gasteiger partial charge in [0.25, 0.3) is 0 Å². The van der Waals surface area contributed by atoms with Crippen molar-refractivity contribution in [2.75, 3.05) is 19.8 Å². The summed E-state index contributed by atoms with van der Waals surface area (Å²) in [4.78, 5) is 25.1. The molecule has 2 heterocycles. The average Bonchev–Trinajstić information content (AvgIpc) is 2.82. The Labute approximate surface area is 159 Å². The molecule has 2 saturated heterocycles. The molecule has 27 heavy (non-hydrogen) atoms. The fourth-order valence-corrected chi connectivity index (χ4v) is 3.84. The molecule has 2 fully saturated rings. The standard InChI is InChI=1S/C16H27N3O7S/c1-5-8-24-15(21)16(3,4)10-25-27(22,23)26-19-11(2)18-9-12(19)6-7-13(18)14(17)20/h12-13H,2,5-10H2,1,3-4H3,(H2,17,20)/t12-,13+/m1/s1. The largest absolute Gasteiger partial charge is 0.465 e. The number of piperidine rings is 1. The minimum absolute atomic E-state index is 0.232. The van der Waals surface area contributed by atoms with Gasteiger partial charge in [-0.2, -0.15) is 8.42 Å². The fraction of sp³-hybridized carbons (Fsp3) is 0.750. The summed E-state index contributed by atoms with van der Waals surface area (Å²) in [5, 5.41) is 1.13. The first-order valence-corrected chi connectivity index (χ1v) is 10.1. The number of esters is 1. The zero-order valence-corrected chi connectivity index (χ0v) is 16.7. The molecule has 2 atom stereocenters. The van der Waals surface area contributed by atoms with E-state index in [1.165, 1.54) is 13.8 Å².